The number of nitrogens with zero attached hydrogens (tertiary/aromatic N) is 5. The minimum absolute atomic E-state index is 0.103. The fourth-order valence-corrected chi connectivity index (χ4v) is 6.04. The van der Waals surface area contributed by atoms with E-state index in [1.165, 1.54) is 4.31 Å². The van der Waals surface area contributed by atoms with Gasteiger partial charge in [0.1, 0.15) is 12.4 Å². The number of sulfonamides is 1. The van der Waals surface area contributed by atoms with Crippen LogP contribution in [-0.2, 0) is 10.0 Å². The van der Waals surface area contributed by atoms with E-state index in [-0.39, 0.29) is 36.4 Å². The van der Waals surface area contributed by atoms with Gasteiger partial charge in [0.25, 0.3) is 0 Å². The molecule has 0 radical (unpaired) electrons. The summed E-state index contributed by atoms with van der Waals surface area (Å²) in [5.74, 6) is 1.45. The van der Waals surface area contributed by atoms with Crippen LogP contribution in [0.5, 0.6) is 11.8 Å². The van der Waals surface area contributed by atoms with Gasteiger partial charge in [-0.1, -0.05) is 26.0 Å². The van der Waals surface area contributed by atoms with Crippen LogP contribution >= 0.6 is 0 Å². The van der Waals surface area contributed by atoms with Crippen LogP contribution in [0.1, 0.15) is 56.7 Å². The average molecular weight is 532 g/mol. The Kier molecular flexibility index (Phi) is 8.50. The summed E-state index contributed by atoms with van der Waals surface area (Å²) >= 11 is 0. The van der Waals surface area contributed by atoms with Crippen LogP contribution in [0.3, 0.4) is 0 Å². The first kappa shape index (κ1) is 27.1. The smallest absolute Gasteiger partial charge is 0.321 e. The van der Waals surface area contributed by atoms with Crippen LogP contribution < -0.4 is 20.1 Å². The van der Waals surface area contributed by atoms with Crippen molar-refractivity contribution in [2.24, 2.45) is 0 Å². The third-order valence-corrected chi connectivity index (χ3v) is 9.08. The number of piperidine rings is 1. The van der Waals surface area contributed by atoms with E-state index in [0.29, 0.717) is 24.4 Å². The van der Waals surface area contributed by atoms with E-state index in [2.05, 4.69) is 39.5 Å². The molecule has 0 spiro atoms. The van der Waals surface area contributed by atoms with Gasteiger partial charge >= 0.3 is 6.01 Å². The maximum Gasteiger partial charge on any atom is 0.321 e. The molecule has 11 nitrogen and oxygen atoms in total. The minimum atomic E-state index is -3.38. The summed E-state index contributed by atoms with van der Waals surface area (Å²) in [7, 11) is -0.146. The summed E-state index contributed by atoms with van der Waals surface area (Å²) in [6.45, 7) is 7.95. The van der Waals surface area contributed by atoms with Gasteiger partial charge in [0.2, 0.25) is 16.0 Å². The van der Waals surface area contributed by atoms with Gasteiger partial charge in [0.05, 0.1) is 24.6 Å². The molecule has 0 aliphatic carbocycles. The first-order valence-corrected chi connectivity index (χ1v) is 14.2. The highest BCUT2D eigenvalue weighted by molar-refractivity contribution is 7.89. The molecule has 3 heterocycles. The van der Waals surface area contributed by atoms with E-state index in [1.807, 2.05) is 31.2 Å². The normalized spacial score (nSPS) is 15.9. The molecule has 1 fully saturated rings. The summed E-state index contributed by atoms with van der Waals surface area (Å²) in [5.41, 5.74) is 2.64. The van der Waals surface area contributed by atoms with E-state index < -0.39 is 10.0 Å². The van der Waals surface area contributed by atoms with E-state index in [0.717, 1.165) is 30.0 Å². The molecule has 3 aromatic rings. The number of ether oxygens (including phenoxy) is 2. The van der Waals surface area contributed by atoms with Crippen molar-refractivity contribution in [3.8, 4) is 11.8 Å². The van der Waals surface area contributed by atoms with Crippen molar-refractivity contribution in [3.05, 3.63) is 41.6 Å². The number of hydrogen-bond acceptors (Lipinski definition) is 9. The van der Waals surface area contributed by atoms with Crippen molar-refractivity contribution in [1.82, 2.24) is 29.2 Å². The van der Waals surface area contributed by atoms with E-state index >= 15 is 0 Å². The van der Waals surface area contributed by atoms with Crippen molar-refractivity contribution in [3.63, 3.8) is 0 Å². The third kappa shape index (κ3) is 6.13. The second kappa shape index (κ2) is 11.6. The summed E-state index contributed by atoms with van der Waals surface area (Å²) in [6.07, 6.45) is 3.03. The predicted molar refractivity (Wildman–Crippen MR) is 143 cm³/mol. The van der Waals surface area contributed by atoms with Gasteiger partial charge in [0.15, 0.2) is 5.65 Å². The Labute approximate surface area is 218 Å². The lowest BCUT2D eigenvalue weighted by molar-refractivity contribution is 0.266. The number of benzene rings is 1. The van der Waals surface area contributed by atoms with Crippen molar-refractivity contribution < 1.29 is 17.9 Å². The Bertz CT molecular complexity index is 1310. The molecule has 1 aliphatic heterocycles. The van der Waals surface area contributed by atoms with E-state index in [9.17, 15) is 8.42 Å². The zero-order chi connectivity index (χ0) is 26.6. The van der Waals surface area contributed by atoms with Crippen LogP contribution in [0.2, 0.25) is 0 Å². The lowest BCUT2D eigenvalue weighted by Gasteiger charge is -2.27. The van der Waals surface area contributed by atoms with Crippen molar-refractivity contribution in [1.29, 1.82) is 0 Å². The largest absolute Gasteiger partial charge is 0.497 e. The lowest BCUT2D eigenvalue weighted by atomic mass is 10.1. The average Bonchev–Trinajstić information content (AvgIpc) is 3.34. The van der Waals surface area contributed by atoms with Crippen LogP contribution in [0.15, 0.2) is 30.5 Å². The van der Waals surface area contributed by atoms with Gasteiger partial charge in [-0.25, -0.2) is 12.7 Å². The Morgan fingerprint density at radius 1 is 1.22 bits per heavy atom. The van der Waals surface area contributed by atoms with E-state index in [1.54, 1.807) is 24.9 Å². The van der Waals surface area contributed by atoms with Crippen molar-refractivity contribution in [2.75, 3.05) is 45.7 Å². The molecule has 1 saturated heterocycles. The molecular weight excluding hydrogens is 494 g/mol. The fraction of sp³-hybridized carbons (Fsp3) is 0.560. The molecule has 0 amide bonds. The molecule has 37 heavy (non-hydrogen) atoms. The monoisotopic (exact) mass is 531 g/mol. The van der Waals surface area contributed by atoms with Gasteiger partial charge in [-0.3, -0.25) is 0 Å². The highest BCUT2D eigenvalue weighted by atomic mass is 32.2. The minimum Gasteiger partial charge on any atom is -0.497 e. The van der Waals surface area contributed by atoms with Crippen LogP contribution in [0.25, 0.3) is 5.65 Å². The van der Waals surface area contributed by atoms with Crippen LogP contribution in [0, 0.1) is 0 Å². The SMILES string of the molecule is COc1cccc([C@H](C)Nc2nc(OCCN(C)S(=O)(=O)C3CCNCC3)nc3c(C(C)C)cnn23)c1. The van der Waals surface area contributed by atoms with Crippen molar-refractivity contribution >= 4 is 21.6 Å². The molecule has 0 unspecified atom stereocenters. The molecule has 1 aliphatic rings. The Morgan fingerprint density at radius 3 is 2.68 bits per heavy atom. The third-order valence-electron chi connectivity index (χ3n) is 6.72. The Hall–Kier alpha value is -2.96. The summed E-state index contributed by atoms with van der Waals surface area (Å²) in [6, 6.07) is 7.88. The zero-order valence-corrected chi connectivity index (χ0v) is 23.0. The van der Waals surface area contributed by atoms with Crippen molar-refractivity contribution in [2.45, 2.75) is 50.8 Å². The topological polar surface area (TPSA) is 123 Å². The molecule has 2 N–H and O–H groups in total. The fourth-order valence-electron chi connectivity index (χ4n) is 4.37. The zero-order valence-electron chi connectivity index (χ0n) is 22.1. The number of likely N-dealkylation sites (N-methyl/N-ethyl adjacent to an activating group) is 1. The highest BCUT2D eigenvalue weighted by Crippen LogP contribution is 2.26. The molecule has 202 valence electrons. The second-order valence-electron chi connectivity index (χ2n) is 9.63. The molecule has 2 aromatic heterocycles. The molecule has 1 aromatic carbocycles. The summed E-state index contributed by atoms with van der Waals surface area (Å²) in [4.78, 5) is 9.18. The lowest BCUT2D eigenvalue weighted by Crippen LogP contribution is -2.43. The number of methoxy groups -OCH3 is 1. The van der Waals surface area contributed by atoms with Gasteiger partial charge in [-0.15, -0.1) is 0 Å². The molecule has 4 rings (SSSR count). The maximum atomic E-state index is 12.9. The standard InChI is InChI=1S/C25H37N7O4S/c1-17(2)22-16-27-32-23(22)29-25(30-24(32)28-18(3)19-7-6-8-20(15-19)35-5)36-14-13-31(4)37(33,34)21-9-11-26-12-10-21/h6-8,15-18,21,26H,9-14H2,1-5H3,(H,28,29,30)/t18-/m0/s1. The number of nitrogens with one attached hydrogen (secondary N) is 2. The second-order valence-corrected chi connectivity index (χ2v) is 11.9. The highest BCUT2D eigenvalue weighted by Gasteiger charge is 2.30. The first-order chi connectivity index (χ1) is 17.7. The van der Waals surface area contributed by atoms with Crippen LogP contribution in [-0.4, -0.2) is 78.0 Å². The molecule has 12 heteroatoms. The summed E-state index contributed by atoms with van der Waals surface area (Å²) < 4.78 is 40.2. The van der Waals surface area contributed by atoms with Gasteiger partial charge in [-0.05, 0) is 56.5 Å². The Morgan fingerprint density at radius 2 is 1.97 bits per heavy atom. The van der Waals surface area contributed by atoms with E-state index in [4.69, 9.17) is 9.47 Å². The maximum absolute atomic E-state index is 12.9. The quantitative estimate of drug-likeness (QED) is 0.384. The van der Waals surface area contributed by atoms with Gasteiger partial charge in [0, 0.05) is 19.2 Å². The molecule has 0 bridgehead atoms. The number of aromatic nitrogens is 4. The van der Waals surface area contributed by atoms with Gasteiger partial charge in [-0.2, -0.15) is 19.6 Å². The number of rotatable bonds is 11. The summed E-state index contributed by atoms with van der Waals surface area (Å²) in [5, 5.41) is 10.8. The van der Waals surface area contributed by atoms with Crippen LogP contribution in [0.4, 0.5) is 5.95 Å². The Balaban J connectivity index is 1.52. The number of anilines is 1. The predicted octanol–water partition coefficient (Wildman–Crippen LogP) is 2.82. The number of fused-ring (bicyclic) bond motifs is 1. The van der Waals surface area contributed by atoms with Gasteiger partial charge < -0.3 is 20.1 Å². The molecular formula is C25H37N7O4S. The molecule has 0 saturated carbocycles. The number of hydrogen-bond donors (Lipinski definition) is 2. The first-order valence-electron chi connectivity index (χ1n) is 12.7. The molecule has 1 atom stereocenters.